The monoisotopic (exact) mass is 317 g/mol. The average Bonchev–Trinajstić information content (AvgIpc) is 3.04. The van der Waals surface area contributed by atoms with Crippen molar-refractivity contribution in [1.82, 2.24) is 10.2 Å². The molecular weight excluding hydrogens is 290 g/mol. The fourth-order valence-electron chi connectivity index (χ4n) is 2.64. The van der Waals surface area contributed by atoms with Crippen molar-refractivity contribution < 1.29 is 9.90 Å². The topological polar surface area (TPSA) is 55.8 Å². The van der Waals surface area contributed by atoms with Gasteiger partial charge in [0.05, 0.1) is 6.10 Å². The van der Waals surface area contributed by atoms with Crippen molar-refractivity contribution in [3.05, 3.63) is 42.0 Å². The summed E-state index contributed by atoms with van der Waals surface area (Å²) in [6, 6.07) is 8.14. The quantitative estimate of drug-likeness (QED) is 0.792. The van der Waals surface area contributed by atoms with Crippen LogP contribution in [0, 0.1) is 0 Å². The smallest absolute Gasteiger partial charge is 0.317 e. The Morgan fingerprint density at radius 1 is 1.30 bits per heavy atom. The minimum Gasteiger partial charge on any atom is -0.392 e. The lowest BCUT2D eigenvalue weighted by Crippen LogP contribution is -2.46. The number of carbonyl (C=O) groups is 1. The Morgan fingerprint density at radius 2 is 2.00 bits per heavy atom. The molecule has 1 aliphatic heterocycles. The second-order valence-electron chi connectivity index (χ2n) is 6.30. The van der Waals surface area contributed by atoms with E-state index in [2.05, 4.69) is 34.5 Å². The van der Waals surface area contributed by atoms with Gasteiger partial charge >= 0.3 is 6.03 Å². The molecule has 0 spiro atoms. The van der Waals surface area contributed by atoms with Gasteiger partial charge in [0.15, 0.2) is 0 Å². The lowest BCUT2D eigenvalue weighted by atomic mass is 10.2. The third-order valence-corrected chi connectivity index (χ3v) is 3.88. The molecule has 5 nitrogen and oxygen atoms in total. The molecule has 0 saturated carbocycles. The number of urea groups is 1. The third-order valence-electron chi connectivity index (χ3n) is 3.88. The van der Waals surface area contributed by atoms with Gasteiger partial charge in [-0.2, -0.15) is 0 Å². The van der Waals surface area contributed by atoms with Crippen LogP contribution in [0.2, 0.25) is 0 Å². The SMILES string of the molecule is CC(O)CN(C(=O)NCc1cccc(N2CC=CC2)c1)C(C)C. The number of carbonyl (C=O) groups excluding carboxylic acids is 1. The van der Waals surface area contributed by atoms with Crippen molar-refractivity contribution in [3.63, 3.8) is 0 Å². The van der Waals surface area contributed by atoms with E-state index in [0.29, 0.717) is 13.1 Å². The van der Waals surface area contributed by atoms with E-state index < -0.39 is 6.10 Å². The number of rotatable bonds is 6. The number of hydrogen-bond acceptors (Lipinski definition) is 3. The zero-order valence-corrected chi connectivity index (χ0v) is 14.2. The summed E-state index contributed by atoms with van der Waals surface area (Å²) in [4.78, 5) is 16.2. The molecule has 1 aliphatic rings. The summed E-state index contributed by atoms with van der Waals surface area (Å²) in [5, 5.41) is 12.5. The first kappa shape index (κ1) is 17.3. The van der Waals surface area contributed by atoms with Crippen LogP contribution in [0.15, 0.2) is 36.4 Å². The Morgan fingerprint density at radius 3 is 2.61 bits per heavy atom. The molecule has 1 aromatic carbocycles. The minimum atomic E-state index is -0.533. The van der Waals surface area contributed by atoms with Gasteiger partial charge in [0.1, 0.15) is 0 Å². The largest absolute Gasteiger partial charge is 0.392 e. The molecule has 23 heavy (non-hydrogen) atoms. The first-order valence-electron chi connectivity index (χ1n) is 8.19. The van der Waals surface area contributed by atoms with Crippen molar-refractivity contribution in [2.24, 2.45) is 0 Å². The number of nitrogens with one attached hydrogen (secondary N) is 1. The zero-order chi connectivity index (χ0) is 16.8. The van der Waals surface area contributed by atoms with Crippen LogP contribution in [-0.4, -0.2) is 47.8 Å². The molecule has 2 N–H and O–H groups in total. The highest BCUT2D eigenvalue weighted by molar-refractivity contribution is 5.74. The summed E-state index contributed by atoms with van der Waals surface area (Å²) < 4.78 is 0. The lowest BCUT2D eigenvalue weighted by Gasteiger charge is -2.28. The maximum Gasteiger partial charge on any atom is 0.317 e. The van der Waals surface area contributed by atoms with E-state index in [1.807, 2.05) is 26.0 Å². The molecule has 126 valence electrons. The highest BCUT2D eigenvalue weighted by Gasteiger charge is 2.18. The molecule has 2 amide bonds. The summed E-state index contributed by atoms with van der Waals surface area (Å²) in [6.07, 6.45) is 3.78. The fourth-order valence-corrected chi connectivity index (χ4v) is 2.64. The minimum absolute atomic E-state index is 0.0478. The van der Waals surface area contributed by atoms with E-state index in [4.69, 9.17) is 0 Å². The van der Waals surface area contributed by atoms with Gasteiger partial charge in [0.25, 0.3) is 0 Å². The number of amides is 2. The zero-order valence-electron chi connectivity index (χ0n) is 14.2. The van der Waals surface area contributed by atoms with Gasteiger partial charge in [-0.25, -0.2) is 4.79 Å². The van der Waals surface area contributed by atoms with E-state index in [1.54, 1.807) is 11.8 Å². The maximum atomic E-state index is 12.3. The van der Waals surface area contributed by atoms with E-state index in [0.717, 1.165) is 18.7 Å². The maximum absolute atomic E-state index is 12.3. The Balaban J connectivity index is 1.94. The molecule has 0 aromatic heterocycles. The van der Waals surface area contributed by atoms with E-state index in [9.17, 15) is 9.90 Å². The molecule has 1 heterocycles. The van der Waals surface area contributed by atoms with Crippen molar-refractivity contribution >= 4 is 11.7 Å². The van der Waals surface area contributed by atoms with Crippen LogP contribution in [0.4, 0.5) is 10.5 Å². The molecule has 0 fully saturated rings. The number of nitrogens with zero attached hydrogens (tertiary/aromatic N) is 2. The van der Waals surface area contributed by atoms with Crippen molar-refractivity contribution in [2.75, 3.05) is 24.5 Å². The standard InChI is InChI=1S/C18H27N3O2/c1-14(2)21(13-15(3)22)18(23)19-12-16-7-6-8-17(11-16)20-9-4-5-10-20/h4-8,11,14-15,22H,9-10,12-13H2,1-3H3,(H,19,23). The molecule has 0 radical (unpaired) electrons. The molecular formula is C18H27N3O2. The molecule has 1 aromatic rings. The molecule has 1 atom stereocenters. The van der Waals surface area contributed by atoms with Crippen LogP contribution < -0.4 is 10.2 Å². The Kier molecular flexibility index (Phi) is 6.04. The van der Waals surface area contributed by atoms with Gasteiger partial charge in [0.2, 0.25) is 0 Å². The van der Waals surface area contributed by atoms with Gasteiger partial charge in [-0.1, -0.05) is 24.3 Å². The number of aliphatic hydroxyl groups is 1. The Bertz CT molecular complexity index is 547. The lowest BCUT2D eigenvalue weighted by molar-refractivity contribution is 0.119. The van der Waals surface area contributed by atoms with Gasteiger partial charge < -0.3 is 20.2 Å². The van der Waals surface area contributed by atoms with E-state index in [1.165, 1.54) is 5.69 Å². The predicted octanol–water partition coefficient (Wildman–Crippen LogP) is 2.36. The summed E-state index contributed by atoms with van der Waals surface area (Å²) in [6.45, 7) is 8.28. The summed E-state index contributed by atoms with van der Waals surface area (Å²) >= 11 is 0. The highest BCUT2D eigenvalue weighted by Crippen LogP contribution is 2.18. The van der Waals surface area contributed by atoms with E-state index >= 15 is 0 Å². The third kappa shape index (κ3) is 4.99. The van der Waals surface area contributed by atoms with Crippen LogP contribution >= 0.6 is 0 Å². The van der Waals surface area contributed by atoms with Gasteiger partial charge in [-0.15, -0.1) is 0 Å². The summed E-state index contributed by atoms with van der Waals surface area (Å²) in [5.41, 5.74) is 2.25. The molecule has 0 saturated heterocycles. The predicted molar refractivity (Wildman–Crippen MR) is 93.6 cm³/mol. The fraction of sp³-hybridized carbons (Fsp3) is 0.500. The van der Waals surface area contributed by atoms with Crippen molar-refractivity contribution in [1.29, 1.82) is 0 Å². The highest BCUT2D eigenvalue weighted by atomic mass is 16.3. The molecule has 1 unspecified atom stereocenters. The summed E-state index contributed by atoms with van der Waals surface area (Å²) in [5.74, 6) is 0. The van der Waals surface area contributed by atoms with Crippen LogP contribution in [0.5, 0.6) is 0 Å². The van der Waals surface area contributed by atoms with Crippen LogP contribution in [0.3, 0.4) is 0 Å². The van der Waals surface area contributed by atoms with Gasteiger partial charge in [0, 0.05) is 37.9 Å². The Hall–Kier alpha value is -2.01. The number of benzene rings is 1. The summed E-state index contributed by atoms with van der Waals surface area (Å²) in [7, 11) is 0. The average molecular weight is 317 g/mol. The molecule has 0 bridgehead atoms. The van der Waals surface area contributed by atoms with Crippen LogP contribution in [0.1, 0.15) is 26.3 Å². The second-order valence-corrected chi connectivity index (χ2v) is 6.30. The van der Waals surface area contributed by atoms with Crippen molar-refractivity contribution in [2.45, 2.75) is 39.5 Å². The molecule has 2 rings (SSSR count). The van der Waals surface area contributed by atoms with Gasteiger partial charge in [-0.3, -0.25) is 0 Å². The Labute approximate surface area is 138 Å². The van der Waals surface area contributed by atoms with Crippen LogP contribution in [0.25, 0.3) is 0 Å². The number of aliphatic hydroxyl groups excluding tert-OH is 1. The number of hydrogen-bond donors (Lipinski definition) is 2. The first-order chi connectivity index (χ1) is 11.0. The number of anilines is 1. The molecule has 5 heteroatoms. The van der Waals surface area contributed by atoms with E-state index in [-0.39, 0.29) is 12.1 Å². The molecule has 0 aliphatic carbocycles. The van der Waals surface area contributed by atoms with Crippen molar-refractivity contribution in [3.8, 4) is 0 Å². The first-order valence-corrected chi connectivity index (χ1v) is 8.19. The van der Waals surface area contributed by atoms with Crippen LogP contribution in [-0.2, 0) is 6.54 Å². The second kappa shape index (κ2) is 8.02. The van der Waals surface area contributed by atoms with Gasteiger partial charge in [-0.05, 0) is 38.5 Å². The normalized spacial score (nSPS) is 15.1.